The molecule has 1 saturated heterocycles. The third-order valence-corrected chi connectivity index (χ3v) is 4.10. The van der Waals surface area contributed by atoms with E-state index in [1.165, 1.54) is 5.56 Å². The van der Waals surface area contributed by atoms with Gasteiger partial charge in [0.25, 0.3) is 0 Å². The Labute approximate surface area is 146 Å². The van der Waals surface area contributed by atoms with E-state index in [1.54, 1.807) is 21.3 Å². The number of ether oxygens (including phenoxy) is 3. The first-order valence-corrected chi connectivity index (χ1v) is 7.74. The zero-order chi connectivity index (χ0) is 18.9. The summed E-state index contributed by atoms with van der Waals surface area (Å²) in [6, 6.07) is 10.5. The lowest BCUT2D eigenvalue weighted by molar-refractivity contribution is -0.284. The number of likely N-dealkylation sites (tertiary alicyclic amines) is 1. The molecule has 0 bridgehead atoms. The van der Waals surface area contributed by atoms with E-state index in [0.717, 1.165) is 26.1 Å². The van der Waals surface area contributed by atoms with Crippen molar-refractivity contribution in [1.82, 2.24) is 4.90 Å². The van der Waals surface area contributed by atoms with E-state index in [9.17, 15) is 0 Å². The Balaban J connectivity index is 0.000000450. The average Bonchev–Trinajstić information content (AvgIpc) is 2.63. The molecular weight excluding hydrogens is 330 g/mol. The van der Waals surface area contributed by atoms with Gasteiger partial charge in [-0.1, -0.05) is 30.3 Å². The van der Waals surface area contributed by atoms with Crippen LogP contribution in [0.4, 0.5) is 0 Å². The highest BCUT2D eigenvalue weighted by molar-refractivity contribution is 6.27. The molecule has 1 aromatic carbocycles. The van der Waals surface area contributed by atoms with Crippen molar-refractivity contribution >= 4 is 11.9 Å². The Morgan fingerprint density at radius 1 is 1.12 bits per heavy atom. The van der Waals surface area contributed by atoms with Crippen molar-refractivity contribution in [2.45, 2.75) is 24.9 Å². The predicted molar refractivity (Wildman–Crippen MR) is 89.2 cm³/mol. The van der Waals surface area contributed by atoms with E-state index in [0.29, 0.717) is 0 Å². The third-order valence-electron chi connectivity index (χ3n) is 4.10. The first kappa shape index (κ1) is 21.0. The van der Waals surface area contributed by atoms with Gasteiger partial charge >= 0.3 is 11.9 Å². The number of piperidine rings is 1. The first-order valence-electron chi connectivity index (χ1n) is 7.74. The van der Waals surface area contributed by atoms with E-state index in [2.05, 4.69) is 29.2 Å². The molecular formula is C17H25NO7. The Hall–Kier alpha value is -2.00. The van der Waals surface area contributed by atoms with Crippen LogP contribution in [0.15, 0.2) is 30.3 Å². The van der Waals surface area contributed by atoms with Crippen LogP contribution >= 0.6 is 0 Å². The topological polar surface area (TPSA) is 106 Å². The average molecular weight is 355 g/mol. The summed E-state index contributed by atoms with van der Waals surface area (Å²) in [6.07, 6.45) is 0.741. The summed E-state index contributed by atoms with van der Waals surface area (Å²) in [5, 5.41) is 14.8. The van der Waals surface area contributed by atoms with Crippen molar-refractivity contribution in [3.8, 4) is 0 Å². The Morgan fingerprint density at radius 3 is 2.12 bits per heavy atom. The van der Waals surface area contributed by atoms with Crippen LogP contribution < -0.4 is 0 Å². The normalized spacial score (nSPS) is 19.6. The molecule has 0 radical (unpaired) electrons. The van der Waals surface area contributed by atoms with Crippen molar-refractivity contribution in [3.05, 3.63) is 35.9 Å². The quantitative estimate of drug-likeness (QED) is 0.596. The number of aliphatic carboxylic acids is 2. The van der Waals surface area contributed by atoms with Crippen LogP contribution in [0.5, 0.6) is 0 Å². The monoisotopic (exact) mass is 355 g/mol. The second kappa shape index (κ2) is 10.1. The van der Waals surface area contributed by atoms with Gasteiger partial charge in [0, 0.05) is 47.4 Å². The van der Waals surface area contributed by atoms with Crippen molar-refractivity contribution < 1.29 is 34.0 Å². The molecule has 140 valence electrons. The molecule has 1 heterocycles. The molecule has 2 rings (SSSR count). The fourth-order valence-electron chi connectivity index (χ4n) is 2.73. The van der Waals surface area contributed by atoms with E-state index in [-0.39, 0.29) is 6.10 Å². The number of methoxy groups -OCH3 is 3. The number of carboxylic acid groups (broad SMARTS) is 2. The van der Waals surface area contributed by atoms with E-state index >= 15 is 0 Å². The van der Waals surface area contributed by atoms with Gasteiger partial charge in [-0.05, 0) is 5.56 Å². The van der Waals surface area contributed by atoms with Crippen LogP contribution in [0.3, 0.4) is 0 Å². The van der Waals surface area contributed by atoms with Crippen molar-refractivity contribution in [3.63, 3.8) is 0 Å². The van der Waals surface area contributed by atoms with Gasteiger partial charge in [0.2, 0.25) is 0 Å². The highest BCUT2D eigenvalue weighted by atomic mass is 16.7. The van der Waals surface area contributed by atoms with Gasteiger partial charge in [-0.25, -0.2) is 9.59 Å². The second-order valence-corrected chi connectivity index (χ2v) is 5.53. The molecule has 0 saturated carbocycles. The van der Waals surface area contributed by atoms with Crippen LogP contribution in [0.25, 0.3) is 0 Å². The minimum absolute atomic E-state index is 0.0695. The number of hydrogen-bond donors (Lipinski definition) is 2. The molecule has 8 heteroatoms. The number of benzene rings is 1. The smallest absolute Gasteiger partial charge is 0.414 e. The summed E-state index contributed by atoms with van der Waals surface area (Å²) >= 11 is 0. The maximum absolute atomic E-state index is 9.10. The van der Waals surface area contributed by atoms with Gasteiger partial charge in [-0.15, -0.1) is 0 Å². The third kappa shape index (κ3) is 6.09. The zero-order valence-electron chi connectivity index (χ0n) is 14.7. The molecule has 1 atom stereocenters. The number of carbonyl (C=O) groups is 2. The van der Waals surface area contributed by atoms with Crippen LogP contribution in [0.2, 0.25) is 0 Å². The largest absolute Gasteiger partial charge is 0.473 e. The van der Waals surface area contributed by atoms with Gasteiger partial charge in [0.1, 0.15) is 6.10 Å². The molecule has 2 N–H and O–H groups in total. The van der Waals surface area contributed by atoms with Gasteiger partial charge in [-0.3, -0.25) is 4.90 Å². The lowest BCUT2D eigenvalue weighted by Gasteiger charge is -2.44. The van der Waals surface area contributed by atoms with Crippen LogP contribution in [-0.2, 0) is 30.3 Å². The molecule has 0 aromatic heterocycles. The SMILES string of the molecule is COC1CN(Cc2ccccc2)CCC1(OC)OC.O=C(O)C(=O)O. The summed E-state index contributed by atoms with van der Waals surface area (Å²) in [7, 11) is 5.08. The zero-order valence-corrected chi connectivity index (χ0v) is 14.7. The van der Waals surface area contributed by atoms with Gasteiger partial charge in [0.15, 0.2) is 5.79 Å². The fourth-order valence-corrected chi connectivity index (χ4v) is 2.73. The molecule has 25 heavy (non-hydrogen) atoms. The fraction of sp³-hybridized carbons (Fsp3) is 0.529. The summed E-state index contributed by atoms with van der Waals surface area (Å²) < 4.78 is 16.7. The molecule has 0 aliphatic carbocycles. The van der Waals surface area contributed by atoms with Gasteiger partial charge in [0.05, 0.1) is 0 Å². The van der Waals surface area contributed by atoms with Gasteiger partial charge in [-0.2, -0.15) is 0 Å². The Kier molecular flexibility index (Phi) is 8.50. The maximum Gasteiger partial charge on any atom is 0.414 e. The summed E-state index contributed by atoms with van der Waals surface area (Å²) in [4.78, 5) is 20.6. The van der Waals surface area contributed by atoms with Gasteiger partial charge < -0.3 is 24.4 Å². The lowest BCUT2D eigenvalue weighted by atomic mass is 9.99. The molecule has 1 unspecified atom stereocenters. The number of nitrogens with zero attached hydrogens (tertiary/aromatic N) is 1. The van der Waals surface area contributed by atoms with E-state index in [1.807, 2.05) is 6.07 Å². The number of rotatable bonds is 5. The summed E-state index contributed by atoms with van der Waals surface area (Å²) in [5.41, 5.74) is 1.32. The van der Waals surface area contributed by atoms with Crippen LogP contribution in [0.1, 0.15) is 12.0 Å². The van der Waals surface area contributed by atoms with Crippen molar-refractivity contribution in [1.29, 1.82) is 0 Å². The molecule has 1 aliphatic heterocycles. The highest BCUT2D eigenvalue weighted by Gasteiger charge is 2.44. The predicted octanol–water partition coefficient (Wildman–Crippen LogP) is 1.05. The van der Waals surface area contributed by atoms with E-state index in [4.69, 9.17) is 34.0 Å². The summed E-state index contributed by atoms with van der Waals surface area (Å²) in [5.74, 6) is -4.26. The first-order chi connectivity index (χ1) is 11.9. The standard InChI is InChI=1S/C15H23NO3.C2H2O4/c1-17-14-12-16(10-9-15(14,18-2)19-3)11-13-7-5-4-6-8-13;3-1(4)2(5)6/h4-8,14H,9-12H2,1-3H3;(H,3,4)(H,5,6). The molecule has 1 aromatic rings. The highest BCUT2D eigenvalue weighted by Crippen LogP contribution is 2.29. The van der Waals surface area contributed by atoms with Crippen LogP contribution in [0, 0.1) is 0 Å². The Bertz CT molecular complexity index is 533. The molecule has 1 fully saturated rings. The molecule has 8 nitrogen and oxygen atoms in total. The lowest BCUT2D eigenvalue weighted by Crippen LogP contribution is -2.58. The van der Waals surface area contributed by atoms with E-state index < -0.39 is 17.7 Å². The van der Waals surface area contributed by atoms with Crippen molar-refractivity contribution in [2.75, 3.05) is 34.4 Å². The maximum atomic E-state index is 9.10. The second-order valence-electron chi connectivity index (χ2n) is 5.53. The molecule has 0 spiro atoms. The van der Waals surface area contributed by atoms with Crippen LogP contribution in [-0.4, -0.2) is 73.4 Å². The number of carboxylic acids is 2. The Morgan fingerprint density at radius 2 is 1.68 bits per heavy atom. The minimum atomic E-state index is -1.82. The minimum Gasteiger partial charge on any atom is -0.473 e. The number of hydrogen-bond acceptors (Lipinski definition) is 6. The summed E-state index contributed by atoms with van der Waals surface area (Å²) in [6.45, 7) is 2.69. The molecule has 0 amide bonds. The molecule has 1 aliphatic rings. The van der Waals surface area contributed by atoms with Crippen molar-refractivity contribution in [2.24, 2.45) is 0 Å².